The van der Waals surface area contributed by atoms with E-state index in [9.17, 15) is 0 Å². The maximum atomic E-state index is 3.67. The first-order chi connectivity index (χ1) is 20.8. The molecule has 1 heterocycles. The summed E-state index contributed by atoms with van der Waals surface area (Å²) in [5.41, 5.74) is 1.40. The molecule has 0 bridgehead atoms. The number of benzene rings is 1. The molecule has 0 spiro atoms. The number of hydrogen-bond donors (Lipinski definition) is 1. The first-order valence-corrected chi connectivity index (χ1v) is 19.0. The lowest BCUT2D eigenvalue weighted by Crippen LogP contribution is -2.38. The first kappa shape index (κ1) is 36.6. The third-order valence-electron chi connectivity index (χ3n) is 9.44. The fraction of sp³-hybridized carbons (Fsp3) is 0.775. The second kappa shape index (κ2) is 27.0. The van der Waals surface area contributed by atoms with Gasteiger partial charge in [0.25, 0.3) is 5.82 Å². The molecule has 0 aliphatic heterocycles. The summed E-state index contributed by atoms with van der Waals surface area (Å²) in [6.07, 6.45) is 42.9. The molecule has 1 atom stereocenters. The van der Waals surface area contributed by atoms with Crippen molar-refractivity contribution in [2.75, 3.05) is 0 Å². The van der Waals surface area contributed by atoms with Crippen LogP contribution in [0.2, 0.25) is 0 Å². The number of rotatable bonds is 30. The molecule has 0 aliphatic rings. The van der Waals surface area contributed by atoms with Crippen LogP contribution in [-0.2, 0) is 6.54 Å². The van der Waals surface area contributed by atoms with Crippen molar-refractivity contribution >= 4 is 0 Å². The summed E-state index contributed by atoms with van der Waals surface area (Å²) >= 11 is 0. The third-order valence-corrected chi connectivity index (χ3v) is 9.44. The van der Waals surface area contributed by atoms with Gasteiger partial charge in [0.05, 0.1) is 5.92 Å². The zero-order valence-electron chi connectivity index (χ0n) is 28.4. The van der Waals surface area contributed by atoms with E-state index in [1.165, 1.54) is 185 Å². The predicted octanol–water partition coefficient (Wildman–Crippen LogP) is 13.0. The molecule has 240 valence electrons. The van der Waals surface area contributed by atoms with Crippen molar-refractivity contribution in [3.63, 3.8) is 0 Å². The van der Waals surface area contributed by atoms with E-state index in [2.05, 4.69) is 66.1 Å². The van der Waals surface area contributed by atoms with Crippen LogP contribution in [0.25, 0.3) is 0 Å². The Balaban J connectivity index is 1.62. The molecule has 2 aromatic rings. The number of nitrogens with one attached hydrogen (secondary N) is 1. The quantitative estimate of drug-likeness (QED) is 0.0701. The number of aromatic nitrogens is 2. The van der Waals surface area contributed by atoms with Gasteiger partial charge in [-0.2, -0.15) is 0 Å². The van der Waals surface area contributed by atoms with Crippen LogP contribution in [0, 0.1) is 0 Å². The molecular weight excluding hydrogens is 508 g/mol. The van der Waals surface area contributed by atoms with Crippen LogP contribution in [-0.4, -0.2) is 4.98 Å². The molecule has 2 heteroatoms. The minimum atomic E-state index is 0.667. The van der Waals surface area contributed by atoms with Crippen molar-refractivity contribution < 1.29 is 4.57 Å². The molecule has 0 fully saturated rings. The van der Waals surface area contributed by atoms with E-state index in [-0.39, 0.29) is 0 Å². The number of aromatic amines is 1. The van der Waals surface area contributed by atoms with Crippen LogP contribution in [0.4, 0.5) is 0 Å². The zero-order valence-corrected chi connectivity index (χ0v) is 28.4. The number of H-pyrrole nitrogens is 1. The topological polar surface area (TPSA) is 19.7 Å². The average Bonchev–Trinajstić information content (AvgIpc) is 3.47. The van der Waals surface area contributed by atoms with E-state index in [1.807, 2.05) is 0 Å². The fourth-order valence-corrected chi connectivity index (χ4v) is 6.70. The Morgan fingerprint density at radius 2 is 0.881 bits per heavy atom. The van der Waals surface area contributed by atoms with Crippen molar-refractivity contribution in [2.24, 2.45) is 0 Å². The Hall–Kier alpha value is -1.57. The summed E-state index contributed by atoms with van der Waals surface area (Å²) in [7, 11) is 0. The lowest BCUT2D eigenvalue weighted by molar-refractivity contribution is -0.695. The minimum Gasteiger partial charge on any atom is -0.247 e. The summed E-state index contributed by atoms with van der Waals surface area (Å²) in [5.74, 6) is 2.12. The molecule has 2 nitrogen and oxygen atoms in total. The van der Waals surface area contributed by atoms with Crippen LogP contribution in [0.15, 0.2) is 42.7 Å². The average molecular weight is 580 g/mol. The van der Waals surface area contributed by atoms with Gasteiger partial charge in [0.1, 0.15) is 18.9 Å². The van der Waals surface area contributed by atoms with Gasteiger partial charge < -0.3 is 0 Å². The molecule has 1 aromatic heterocycles. The van der Waals surface area contributed by atoms with Crippen molar-refractivity contribution in [1.82, 2.24) is 4.98 Å². The van der Waals surface area contributed by atoms with Gasteiger partial charge in [0, 0.05) is 0 Å². The maximum Gasteiger partial charge on any atom is 0.257 e. The highest BCUT2D eigenvalue weighted by molar-refractivity contribution is 5.13. The van der Waals surface area contributed by atoms with Gasteiger partial charge >= 0.3 is 0 Å². The van der Waals surface area contributed by atoms with Crippen molar-refractivity contribution in [2.45, 2.75) is 200 Å². The van der Waals surface area contributed by atoms with Crippen LogP contribution in [0.1, 0.15) is 205 Å². The molecule has 0 aliphatic carbocycles. The zero-order chi connectivity index (χ0) is 29.8. The van der Waals surface area contributed by atoms with Crippen molar-refractivity contribution in [1.29, 1.82) is 0 Å². The van der Waals surface area contributed by atoms with E-state index >= 15 is 0 Å². The van der Waals surface area contributed by atoms with Crippen LogP contribution < -0.4 is 4.57 Å². The number of imidazole rings is 1. The number of hydrogen-bond acceptors (Lipinski definition) is 0. The molecule has 0 saturated carbocycles. The van der Waals surface area contributed by atoms with E-state index in [4.69, 9.17) is 0 Å². The molecule has 42 heavy (non-hydrogen) atoms. The largest absolute Gasteiger partial charge is 0.257 e. The minimum absolute atomic E-state index is 0.667. The summed E-state index contributed by atoms with van der Waals surface area (Å²) in [6, 6.07) is 11.0. The van der Waals surface area contributed by atoms with E-state index in [0.29, 0.717) is 5.92 Å². The number of unbranched alkanes of at least 4 members (excludes halogenated alkanes) is 23. The van der Waals surface area contributed by atoms with Gasteiger partial charge in [-0.1, -0.05) is 205 Å². The Morgan fingerprint density at radius 1 is 0.500 bits per heavy atom. The van der Waals surface area contributed by atoms with Gasteiger partial charge in [0.2, 0.25) is 0 Å². The second-order valence-electron chi connectivity index (χ2n) is 13.4. The Morgan fingerprint density at radius 3 is 1.29 bits per heavy atom. The van der Waals surface area contributed by atoms with E-state index in [1.54, 1.807) is 0 Å². The molecular formula is C40H71N2+. The normalized spacial score (nSPS) is 12.2. The summed E-state index contributed by atoms with van der Waals surface area (Å²) in [5, 5.41) is 0. The van der Waals surface area contributed by atoms with Gasteiger partial charge in [-0.3, -0.25) is 0 Å². The third kappa shape index (κ3) is 18.9. The fourth-order valence-electron chi connectivity index (χ4n) is 6.70. The Bertz CT molecular complexity index is 810. The Kier molecular flexibility index (Phi) is 23.6. The smallest absolute Gasteiger partial charge is 0.247 e. The highest BCUT2D eigenvalue weighted by Gasteiger charge is 2.22. The van der Waals surface area contributed by atoms with Gasteiger partial charge in [-0.25, -0.2) is 9.55 Å². The molecule has 1 aromatic carbocycles. The molecule has 0 saturated heterocycles. The lowest BCUT2D eigenvalue weighted by Gasteiger charge is -2.14. The SMILES string of the molecule is CCCCCCCCCCCCCCCCCC[C@H](CCCCCCCCCCC)c1[nH]cc[n+]1Cc1ccccc1. The standard InChI is InChI=1S/C40H70N2/c1-3-5-7-9-11-13-14-15-16-17-18-19-21-23-25-30-34-39(33-29-24-22-20-12-10-8-6-4-2)40-41-35-36-42(40)37-38-31-27-26-28-32-38/h26-28,31-32,35-36,39H,3-25,29-30,33-34,37H2,1-2H3/p+1/t39-/m0/s1. The first-order valence-electron chi connectivity index (χ1n) is 19.0. The van der Waals surface area contributed by atoms with E-state index < -0.39 is 0 Å². The number of nitrogens with zero attached hydrogens (tertiary/aromatic N) is 1. The summed E-state index contributed by atoms with van der Waals surface area (Å²) in [4.78, 5) is 3.67. The maximum absolute atomic E-state index is 3.67. The summed E-state index contributed by atoms with van der Waals surface area (Å²) in [6.45, 7) is 5.60. The highest BCUT2D eigenvalue weighted by atomic mass is 15.1. The molecule has 1 N–H and O–H groups in total. The lowest BCUT2D eigenvalue weighted by atomic mass is 9.93. The van der Waals surface area contributed by atoms with Gasteiger partial charge in [-0.15, -0.1) is 0 Å². The van der Waals surface area contributed by atoms with Crippen LogP contribution in [0.5, 0.6) is 0 Å². The van der Waals surface area contributed by atoms with E-state index in [0.717, 1.165) is 6.54 Å². The van der Waals surface area contributed by atoms with Crippen molar-refractivity contribution in [3.8, 4) is 0 Å². The molecule has 2 rings (SSSR count). The molecule has 0 unspecified atom stereocenters. The van der Waals surface area contributed by atoms with Crippen LogP contribution >= 0.6 is 0 Å². The highest BCUT2D eigenvalue weighted by Crippen LogP contribution is 2.26. The van der Waals surface area contributed by atoms with Crippen LogP contribution in [0.3, 0.4) is 0 Å². The van der Waals surface area contributed by atoms with Crippen molar-refractivity contribution in [3.05, 3.63) is 54.1 Å². The molecule has 0 amide bonds. The van der Waals surface area contributed by atoms with Gasteiger partial charge in [-0.05, 0) is 18.4 Å². The predicted molar refractivity (Wildman–Crippen MR) is 185 cm³/mol. The van der Waals surface area contributed by atoms with Gasteiger partial charge in [0.15, 0.2) is 0 Å². The Labute approximate surface area is 262 Å². The molecule has 0 radical (unpaired) electrons. The second-order valence-corrected chi connectivity index (χ2v) is 13.4. The summed E-state index contributed by atoms with van der Waals surface area (Å²) < 4.78 is 2.49. The monoisotopic (exact) mass is 580 g/mol.